The Hall–Kier alpha value is -3.26. The molecule has 1 aliphatic heterocycles. The molecule has 31 heavy (non-hydrogen) atoms. The molecule has 3 aromatic carbocycles. The van der Waals surface area contributed by atoms with E-state index in [9.17, 15) is 9.59 Å². The van der Waals surface area contributed by atoms with Gasteiger partial charge in [-0.05, 0) is 77.0 Å². The Morgan fingerprint density at radius 1 is 1.06 bits per heavy atom. The highest BCUT2D eigenvalue weighted by Gasteiger charge is 2.24. The van der Waals surface area contributed by atoms with Gasteiger partial charge < -0.3 is 9.47 Å². The standard InChI is InChI=1S/C25H18INO4/c1-16-13-19(9-12-21(16)26)24-27-22(25(29)31-24)14-17-7-10-20(11-8-17)30-15-23(28)18-5-3-2-4-6-18/h2-14H,15H2,1H3/b22-14-. The molecule has 0 aromatic heterocycles. The number of aryl methyl sites for hydroxylation is 1. The van der Waals surface area contributed by atoms with Gasteiger partial charge >= 0.3 is 5.97 Å². The maximum Gasteiger partial charge on any atom is 0.363 e. The van der Waals surface area contributed by atoms with Gasteiger partial charge in [-0.15, -0.1) is 0 Å². The fourth-order valence-electron chi connectivity index (χ4n) is 2.98. The number of hydrogen-bond acceptors (Lipinski definition) is 5. The van der Waals surface area contributed by atoms with Gasteiger partial charge in [0.05, 0.1) is 0 Å². The summed E-state index contributed by atoms with van der Waals surface area (Å²) < 4.78 is 12.0. The molecule has 1 aliphatic rings. The summed E-state index contributed by atoms with van der Waals surface area (Å²) in [7, 11) is 0. The molecule has 0 fully saturated rings. The normalized spacial score (nSPS) is 14.3. The van der Waals surface area contributed by atoms with E-state index in [2.05, 4.69) is 27.6 Å². The van der Waals surface area contributed by atoms with Crippen LogP contribution in [-0.2, 0) is 9.53 Å². The molecular weight excluding hydrogens is 505 g/mol. The van der Waals surface area contributed by atoms with Crippen LogP contribution >= 0.6 is 22.6 Å². The summed E-state index contributed by atoms with van der Waals surface area (Å²) in [5.74, 6) is 0.294. The van der Waals surface area contributed by atoms with E-state index < -0.39 is 5.97 Å². The van der Waals surface area contributed by atoms with Crippen molar-refractivity contribution in [3.63, 3.8) is 0 Å². The fraction of sp³-hybridized carbons (Fsp3) is 0.0800. The molecule has 0 N–H and O–H groups in total. The van der Waals surface area contributed by atoms with Crippen LogP contribution in [-0.4, -0.2) is 24.3 Å². The van der Waals surface area contributed by atoms with Crippen LogP contribution in [0, 0.1) is 10.5 Å². The first-order valence-electron chi connectivity index (χ1n) is 9.60. The summed E-state index contributed by atoms with van der Waals surface area (Å²) in [4.78, 5) is 28.7. The van der Waals surface area contributed by atoms with E-state index in [4.69, 9.17) is 9.47 Å². The van der Waals surface area contributed by atoms with Crippen LogP contribution in [0.1, 0.15) is 27.0 Å². The summed E-state index contributed by atoms with van der Waals surface area (Å²) in [6.45, 7) is 1.95. The van der Waals surface area contributed by atoms with Crippen molar-refractivity contribution in [1.82, 2.24) is 0 Å². The molecule has 0 aliphatic carbocycles. The molecule has 0 saturated heterocycles. The van der Waals surface area contributed by atoms with Gasteiger partial charge in [-0.2, -0.15) is 0 Å². The van der Waals surface area contributed by atoms with Gasteiger partial charge in [-0.25, -0.2) is 9.79 Å². The topological polar surface area (TPSA) is 65.0 Å². The van der Waals surface area contributed by atoms with Gasteiger partial charge in [-0.1, -0.05) is 42.5 Å². The Kier molecular flexibility index (Phi) is 6.27. The number of ether oxygens (including phenoxy) is 2. The SMILES string of the molecule is Cc1cc(C2=N/C(=C\c3ccc(OCC(=O)c4ccccc4)cc3)C(=O)O2)ccc1I. The summed E-state index contributed by atoms with van der Waals surface area (Å²) in [6.07, 6.45) is 1.66. The Labute approximate surface area is 193 Å². The number of benzene rings is 3. The number of ketones is 1. The summed E-state index contributed by atoms with van der Waals surface area (Å²) in [5.41, 5.74) is 3.48. The third-order valence-corrected chi connectivity index (χ3v) is 5.88. The van der Waals surface area contributed by atoms with Gasteiger partial charge in [0.2, 0.25) is 5.90 Å². The van der Waals surface area contributed by atoms with Gasteiger partial charge in [0.25, 0.3) is 0 Å². The van der Waals surface area contributed by atoms with E-state index in [1.807, 2.05) is 43.3 Å². The first-order chi connectivity index (χ1) is 15.0. The quantitative estimate of drug-likeness (QED) is 0.193. The highest BCUT2D eigenvalue weighted by Crippen LogP contribution is 2.22. The second-order valence-corrected chi connectivity index (χ2v) is 8.11. The van der Waals surface area contributed by atoms with Crippen LogP contribution in [0.25, 0.3) is 6.08 Å². The zero-order chi connectivity index (χ0) is 21.8. The van der Waals surface area contributed by atoms with Crippen molar-refractivity contribution in [2.75, 3.05) is 6.61 Å². The maximum atomic E-state index is 12.2. The molecule has 0 radical (unpaired) electrons. The molecule has 1 heterocycles. The molecule has 0 saturated carbocycles. The van der Waals surface area contributed by atoms with Gasteiger partial charge in [-0.3, -0.25) is 4.79 Å². The highest BCUT2D eigenvalue weighted by molar-refractivity contribution is 14.1. The van der Waals surface area contributed by atoms with Crippen LogP contribution in [0.2, 0.25) is 0 Å². The molecule has 6 heteroatoms. The minimum absolute atomic E-state index is 0.0418. The third-order valence-electron chi connectivity index (χ3n) is 4.67. The van der Waals surface area contributed by atoms with Crippen LogP contribution in [0.3, 0.4) is 0 Å². The number of nitrogens with zero attached hydrogens (tertiary/aromatic N) is 1. The molecule has 0 bridgehead atoms. The fourth-order valence-corrected chi connectivity index (χ4v) is 3.32. The van der Waals surface area contributed by atoms with Crippen LogP contribution < -0.4 is 4.74 Å². The van der Waals surface area contributed by atoms with Crippen molar-refractivity contribution in [2.24, 2.45) is 4.99 Å². The monoisotopic (exact) mass is 523 g/mol. The Morgan fingerprint density at radius 3 is 2.52 bits per heavy atom. The van der Waals surface area contributed by atoms with Crippen molar-refractivity contribution in [3.8, 4) is 5.75 Å². The minimum Gasteiger partial charge on any atom is -0.485 e. The number of rotatable bonds is 6. The van der Waals surface area contributed by atoms with Crippen LogP contribution in [0.15, 0.2) is 83.5 Å². The lowest BCUT2D eigenvalue weighted by molar-refractivity contribution is -0.129. The average molecular weight is 523 g/mol. The lowest BCUT2D eigenvalue weighted by Crippen LogP contribution is -2.11. The summed E-state index contributed by atoms with van der Waals surface area (Å²) in [6, 6.07) is 21.9. The van der Waals surface area contributed by atoms with Crippen molar-refractivity contribution >= 4 is 46.3 Å². The summed E-state index contributed by atoms with van der Waals surface area (Å²) in [5, 5.41) is 0. The zero-order valence-electron chi connectivity index (χ0n) is 16.7. The van der Waals surface area contributed by atoms with Crippen molar-refractivity contribution in [1.29, 1.82) is 0 Å². The van der Waals surface area contributed by atoms with E-state index in [1.54, 1.807) is 42.5 Å². The maximum absolute atomic E-state index is 12.2. The lowest BCUT2D eigenvalue weighted by atomic mass is 10.1. The number of carbonyl (C=O) groups is 2. The number of cyclic esters (lactones) is 1. The highest BCUT2D eigenvalue weighted by atomic mass is 127. The summed E-state index contributed by atoms with van der Waals surface area (Å²) >= 11 is 2.25. The minimum atomic E-state index is -0.486. The van der Waals surface area contributed by atoms with E-state index in [1.165, 1.54) is 0 Å². The molecule has 0 spiro atoms. The third kappa shape index (κ3) is 5.08. The van der Waals surface area contributed by atoms with Gasteiger partial charge in [0, 0.05) is 14.7 Å². The molecule has 0 atom stereocenters. The van der Waals surface area contributed by atoms with Crippen molar-refractivity contribution < 1.29 is 19.1 Å². The Bertz CT molecular complexity index is 1200. The number of halogens is 1. The second kappa shape index (κ2) is 9.26. The lowest BCUT2D eigenvalue weighted by Gasteiger charge is -2.06. The molecule has 0 amide bonds. The van der Waals surface area contributed by atoms with Crippen LogP contribution in [0.5, 0.6) is 5.75 Å². The second-order valence-electron chi connectivity index (χ2n) is 6.95. The van der Waals surface area contributed by atoms with E-state index in [0.717, 1.165) is 20.3 Å². The first-order valence-corrected chi connectivity index (χ1v) is 10.7. The average Bonchev–Trinajstić information content (AvgIpc) is 3.15. The molecule has 4 rings (SSSR count). The van der Waals surface area contributed by atoms with Crippen molar-refractivity contribution in [2.45, 2.75) is 6.92 Å². The number of carbonyl (C=O) groups excluding carboxylic acids is 2. The van der Waals surface area contributed by atoms with Crippen molar-refractivity contribution in [3.05, 3.63) is 104 Å². The number of esters is 1. The smallest absolute Gasteiger partial charge is 0.363 e. The molecule has 154 valence electrons. The molecular formula is C25H18INO4. The molecule has 3 aromatic rings. The predicted molar refractivity (Wildman–Crippen MR) is 127 cm³/mol. The Morgan fingerprint density at radius 2 is 1.81 bits per heavy atom. The number of hydrogen-bond donors (Lipinski definition) is 0. The van der Waals surface area contributed by atoms with Gasteiger partial charge in [0.15, 0.2) is 18.1 Å². The molecule has 5 nitrogen and oxygen atoms in total. The Balaban J connectivity index is 1.44. The van der Waals surface area contributed by atoms with Crippen LogP contribution in [0.4, 0.5) is 0 Å². The number of aliphatic imine (C=N–C) groups is 1. The number of Topliss-reactive ketones (excluding diaryl/α,β-unsaturated/α-hetero) is 1. The van der Waals surface area contributed by atoms with Gasteiger partial charge in [0.1, 0.15) is 5.75 Å². The molecule has 0 unspecified atom stereocenters. The first kappa shape index (κ1) is 21.0. The van der Waals surface area contributed by atoms with E-state index in [0.29, 0.717) is 17.2 Å². The largest absolute Gasteiger partial charge is 0.485 e. The zero-order valence-corrected chi connectivity index (χ0v) is 18.8. The van der Waals surface area contributed by atoms with E-state index in [-0.39, 0.29) is 18.1 Å². The predicted octanol–water partition coefficient (Wildman–Crippen LogP) is 5.21. The van der Waals surface area contributed by atoms with E-state index >= 15 is 0 Å².